The lowest BCUT2D eigenvalue weighted by Crippen LogP contribution is -2.30. The summed E-state index contributed by atoms with van der Waals surface area (Å²) in [6.45, 7) is 6.46. The number of ether oxygens (including phenoxy) is 3. The van der Waals surface area contributed by atoms with Gasteiger partial charge in [0, 0.05) is 19.3 Å². The molecule has 0 aliphatic carbocycles. The monoisotopic (exact) mass is 1090 g/mol. The summed E-state index contributed by atoms with van der Waals surface area (Å²) in [6.07, 6.45) is 93.1. The van der Waals surface area contributed by atoms with E-state index in [1.807, 2.05) is 0 Å². The summed E-state index contributed by atoms with van der Waals surface area (Å²) in [7, 11) is 0. The van der Waals surface area contributed by atoms with Crippen LogP contribution in [0.2, 0.25) is 0 Å². The Morgan fingerprint density at radius 3 is 0.810 bits per heavy atom. The summed E-state index contributed by atoms with van der Waals surface area (Å²) in [4.78, 5) is 38.4. The third kappa shape index (κ3) is 64.3. The van der Waals surface area contributed by atoms with Gasteiger partial charge in [-0.25, -0.2) is 0 Å². The first kappa shape index (κ1) is 74.5. The van der Waals surface area contributed by atoms with E-state index in [0.717, 1.165) is 141 Å². The van der Waals surface area contributed by atoms with Crippen molar-refractivity contribution in [2.24, 2.45) is 0 Å². The average Bonchev–Trinajstić information content (AvgIpc) is 3.45. The van der Waals surface area contributed by atoms with Gasteiger partial charge in [0.1, 0.15) is 13.2 Å². The predicted octanol–water partition coefficient (Wildman–Crippen LogP) is 22.5. The minimum absolute atomic E-state index is 0.101. The zero-order valence-corrected chi connectivity index (χ0v) is 51.3. The van der Waals surface area contributed by atoms with E-state index >= 15 is 0 Å². The summed E-state index contributed by atoms with van der Waals surface area (Å²) >= 11 is 0. The highest BCUT2D eigenvalue weighted by Crippen LogP contribution is 2.15. The number of allylic oxidation sites excluding steroid dienone is 22. The van der Waals surface area contributed by atoms with Crippen molar-refractivity contribution in [2.75, 3.05) is 13.2 Å². The van der Waals surface area contributed by atoms with Crippen molar-refractivity contribution in [1.82, 2.24) is 0 Å². The van der Waals surface area contributed by atoms with Crippen LogP contribution in [0, 0.1) is 0 Å². The number of hydrogen-bond acceptors (Lipinski definition) is 6. The van der Waals surface area contributed by atoms with Crippen molar-refractivity contribution in [1.29, 1.82) is 0 Å². The molecule has 0 fully saturated rings. The second-order valence-corrected chi connectivity index (χ2v) is 21.3. The summed E-state index contributed by atoms with van der Waals surface area (Å²) in [5, 5.41) is 0. The van der Waals surface area contributed by atoms with Crippen LogP contribution in [0.15, 0.2) is 134 Å². The summed E-state index contributed by atoms with van der Waals surface area (Å²) in [5.74, 6) is -0.949. The van der Waals surface area contributed by atoms with Crippen molar-refractivity contribution in [3.05, 3.63) is 134 Å². The molecule has 0 spiro atoms. The van der Waals surface area contributed by atoms with Crippen LogP contribution in [-0.4, -0.2) is 37.2 Å². The van der Waals surface area contributed by atoms with E-state index in [1.165, 1.54) is 109 Å². The van der Waals surface area contributed by atoms with Crippen LogP contribution in [0.5, 0.6) is 0 Å². The van der Waals surface area contributed by atoms with Crippen LogP contribution in [0.4, 0.5) is 0 Å². The fraction of sp³-hybridized carbons (Fsp3) is 0.658. The molecule has 0 amide bonds. The number of esters is 3. The number of unbranched alkanes of at least 4 members (excludes halogenated alkanes) is 25. The fourth-order valence-corrected chi connectivity index (χ4v) is 8.72. The molecular formula is C73H120O6. The number of carbonyl (C=O) groups excluding carboxylic acids is 3. The van der Waals surface area contributed by atoms with Gasteiger partial charge >= 0.3 is 17.9 Å². The zero-order valence-electron chi connectivity index (χ0n) is 51.3. The Balaban J connectivity index is 4.47. The molecule has 0 aliphatic rings. The van der Waals surface area contributed by atoms with Gasteiger partial charge in [-0.1, -0.05) is 264 Å². The second kappa shape index (κ2) is 66.1. The summed E-state index contributed by atoms with van der Waals surface area (Å²) in [6, 6.07) is 0. The Hall–Kier alpha value is -4.45. The number of hydrogen-bond donors (Lipinski definition) is 0. The van der Waals surface area contributed by atoms with Crippen LogP contribution >= 0.6 is 0 Å². The van der Waals surface area contributed by atoms with Gasteiger partial charge in [0.15, 0.2) is 6.10 Å². The third-order valence-corrected chi connectivity index (χ3v) is 13.6. The predicted molar refractivity (Wildman–Crippen MR) is 343 cm³/mol. The van der Waals surface area contributed by atoms with Gasteiger partial charge in [-0.3, -0.25) is 14.4 Å². The fourth-order valence-electron chi connectivity index (χ4n) is 8.72. The van der Waals surface area contributed by atoms with E-state index in [1.54, 1.807) is 0 Å². The maximum atomic E-state index is 12.9. The van der Waals surface area contributed by atoms with E-state index < -0.39 is 6.10 Å². The highest BCUT2D eigenvalue weighted by atomic mass is 16.6. The lowest BCUT2D eigenvalue weighted by Gasteiger charge is -2.18. The molecule has 0 rings (SSSR count). The van der Waals surface area contributed by atoms with Gasteiger partial charge in [-0.2, -0.15) is 0 Å². The Labute approximate surface area is 487 Å². The van der Waals surface area contributed by atoms with Gasteiger partial charge in [-0.15, -0.1) is 0 Å². The molecule has 0 heterocycles. The number of carbonyl (C=O) groups is 3. The first-order valence-corrected chi connectivity index (χ1v) is 32.7. The molecule has 0 aromatic rings. The highest BCUT2D eigenvalue weighted by Gasteiger charge is 2.19. The summed E-state index contributed by atoms with van der Waals surface area (Å²) in [5.41, 5.74) is 0. The smallest absolute Gasteiger partial charge is 0.306 e. The Morgan fingerprint density at radius 1 is 0.266 bits per heavy atom. The molecule has 1 unspecified atom stereocenters. The van der Waals surface area contributed by atoms with Crippen LogP contribution < -0.4 is 0 Å². The lowest BCUT2D eigenvalue weighted by molar-refractivity contribution is -0.167. The third-order valence-electron chi connectivity index (χ3n) is 13.6. The molecule has 6 heteroatoms. The SMILES string of the molecule is CC/C=C\C/C=C\C/C=C\C/C=C\C/C=C\C/C=C\C/C=C\CCCCCC(=O)OCC(COC(=O)CCCCCCC/C=C\C/C=C\CCCCC)OC(=O)CCCCCCCCCCC/C=C\C/C=C\CCCCCCC. The topological polar surface area (TPSA) is 78.9 Å². The maximum Gasteiger partial charge on any atom is 0.306 e. The van der Waals surface area contributed by atoms with Gasteiger partial charge in [0.05, 0.1) is 0 Å². The molecule has 0 aromatic heterocycles. The van der Waals surface area contributed by atoms with Gasteiger partial charge < -0.3 is 14.2 Å². The molecule has 448 valence electrons. The average molecular weight is 1090 g/mol. The Kier molecular flexibility index (Phi) is 62.3. The quantitative estimate of drug-likeness (QED) is 0.0261. The van der Waals surface area contributed by atoms with Crippen LogP contribution in [0.1, 0.15) is 290 Å². The van der Waals surface area contributed by atoms with Gasteiger partial charge in [0.25, 0.3) is 0 Å². The highest BCUT2D eigenvalue weighted by molar-refractivity contribution is 5.71. The van der Waals surface area contributed by atoms with Gasteiger partial charge in [-0.05, 0) is 141 Å². The van der Waals surface area contributed by atoms with Crippen molar-refractivity contribution in [2.45, 2.75) is 297 Å². The first-order valence-electron chi connectivity index (χ1n) is 32.7. The molecule has 0 saturated heterocycles. The van der Waals surface area contributed by atoms with E-state index in [-0.39, 0.29) is 31.1 Å². The lowest BCUT2D eigenvalue weighted by atomic mass is 10.1. The van der Waals surface area contributed by atoms with Crippen molar-refractivity contribution < 1.29 is 28.6 Å². The molecule has 6 nitrogen and oxygen atoms in total. The minimum Gasteiger partial charge on any atom is -0.462 e. The number of rotatable bonds is 58. The Morgan fingerprint density at radius 2 is 0.494 bits per heavy atom. The second-order valence-electron chi connectivity index (χ2n) is 21.3. The zero-order chi connectivity index (χ0) is 57.1. The molecule has 0 aromatic carbocycles. The molecule has 1 atom stereocenters. The van der Waals surface area contributed by atoms with Crippen LogP contribution in [0.3, 0.4) is 0 Å². The van der Waals surface area contributed by atoms with Crippen LogP contribution in [-0.2, 0) is 28.6 Å². The first-order chi connectivity index (χ1) is 39.0. The van der Waals surface area contributed by atoms with E-state index in [2.05, 4.69) is 154 Å². The molecule has 0 saturated carbocycles. The van der Waals surface area contributed by atoms with Crippen molar-refractivity contribution in [3.8, 4) is 0 Å². The van der Waals surface area contributed by atoms with Crippen molar-refractivity contribution >= 4 is 17.9 Å². The standard InChI is InChI=1S/C73H120O6/c1-4-7-10-13-16-19-22-25-28-30-32-34-35-36-37-39-40-42-45-48-51-54-57-60-63-66-72(75)78-69-70(68-77-71(74)65-62-59-56-53-50-47-44-27-24-21-18-15-12-9-6-3)79-73(76)67-64-61-58-55-52-49-46-43-41-38-33-31-29-26-23-20-17-14-11-8-5-2/h7,10,16,18-19,21,23,25-28,31-34,36-37,40,42,44,48,51,70H,4-6,8-9,11-15,17,20,22,24,29-30,35,38-39,41,43,45-47,49-50,52-69H2,1-3H3/b10-7-,19-16-,21-18-,26-23-,28-25-,33-31-,34-32-,37-36-,42-40-,44-27-,51-48-. The molecule has 0 bridgehead atoms. The molecule has 0 aliphatic heterocycles. The van der Waals surface area contributed by atoms with E-state index in [9.17, 15) is 14.4 Å². The maximum absolute atomic E-state index is 12.9. The van der Waals surface area contributed by atoms with E-state index in [0.29, 0.717) is 19.3 Å². The normalized spacial score (nSPS) is 13.0. The van der Waals surface area contributed by atoms with Crippen LogP contribution in [0.25, 0.3) is 0 Å². The van der Waals surface area contributed by atoms with E-state index in [4.69, 9.17) is 14.2 Å². The van der Waals surface area contributed by atoms with Gasteiger partial charge in [0.2, 0.25) is 0 Å². The molecular weight excluding hydrogens is 973 g/mol. The Bertz CT molecular complexity index is 1680. The summed E-state index contributed by atoms with van der Waals surface area (Å²) < 4.78 is 16.9. The largest absolute Gasteiger partial charge is 0.462 e. The molecule has 79 heavy (non-hydrogen) atoms. The molecule has 0 radical (unpaired) electrons. The molecule has 0 N–H and O–H groups in total. The minimum atomic E-state index is -0.807. The van der Waals surface area contributed by atoms with Crippen molar-refractivity contribution in [3.63, 3.8) is 0 Å².